The second-order valence-corrected chi connectivity index (χ2v) is 9.57. The number of hydrogen-bond acceptors (Lipinski definition) is 4. The van der Waals surface area contributed by atoms with Crippen molar-refractivity contribution in [3.8, 4) is 11.3 Å². The van der Waals surface area contributed by atoms with Gasteiger partial charge in [0.15, 0.2) is 5.43 Å². The van der Waals surface area contributed by atoms with E-state index in [2.05, 4.69) is 9.97 Å². The first kappa shape index (κ1) is 23.4. The van der Waals surface area contributed by atoms with Crippen molar-refractivity contribution in [2.45, 2.75) is 62.7 Å². The molecule has 1 amide bonds. The summed E-state index contributed by atoms with van der Waals surface area (Å²) in [7, 11) is 0. The Hall–Kier alpha value is -3.30. The molecule has 2 aliphatic carbocycles. The van der Waals surface area contributed by atoms with Crippen molar-refractivity contribution in [2.24, 2.45) is 11.7 Å². The second-order valence-electron chi connectivity index (χ2n) is 9.57. The van der Waals surface area contributed by atoms with Crippen molar-refractivity contribution in [2.75, 3.05) is 0 Å². The fourth-order valence-electron chi connectivity index (χ4n) is 5.30. The summed E-state index contributed by atoms with van der Waals surface area (Å²) in [5.74, 6) is -4.69. The third kappa shape index (κ3) is 4.41. The van der Waals surface area contributed by atoms with E-state index in [4.69, 9.17) is 10.7 Å². The maximum Gasteiger partial charge on any atom is 0.268 e. The van der Waals surface area contributed by atoms with Gasteiger partial charge in [0.1, 0.15) is 5.69 Å². The number of carbonyl (C=O) groups excluding carboxylic acids is 1. The zero-order valence-corrected chi connectivity index (χ0v) is 18.7. The summed E-state index contributed by atoms with van der Waals surface area (Å²) in [6, 6.07) is 6.32. The fourth-order valence-corrected chi connectivity index (χ4v) is 5.30. The van der Waals surface area contributed by atoms with Crippen molar-refractivity contribution in [3.05, 3.63) is 57.8 Å². The van der Waals surface area contributed by atoms with Crippen LogP contribution in [-0.2, 0) is 0 Å². The summed E-state index contributed by atoms with van der Waals surface area (Å²) < 4.78 is 53.4. The molecule has 10 heteroatoms. The molecule has 2 aliphatic rings. The highest BCUT2D eigenvalue weighted by molar-refractivity contribution is 6.03. The number of aromatic nitrogens is 3. The smallest absolute Gasteiger partial charge is 0.268 e. The van der Waals surface area contributed by atoms with Crippen LogP contribution in [0.5, 0.6) is 0 Å². The molecular formula is C25H24F4N4O2. The molecule has 0 bridgehead atoms. The van der Waals surface area contributed by atoms with Crippen LogP contribution in [0.1, 0.15) is 72.2 Å². The molecule has 3 aromatic heterocycles. The first-order chi connectivity index (χ1) is 16.6. The predicted molar refractivity (Wildman–Crippen MR) is 122 cm³/mol. The van der Waals surface area contributed by atoms with Crippen LogP contribution in [0.4, 0.5) is 17.6 Å². The molecule has 0 radical (unpaired) electrons. The number of amides is 1. The number of pyridine rings is 3. The molecule has 5 rings (SSSR count). The Kier molecular flexibility index (Phi) is 5.85. The van der Waals surface area contributed by atoms with Crippen LogP contribution in [0.3, 0.4) is 0 Å². The quantitative estimate of drug-likeness (QED) is 0.486. The Morgan fingerprint density at radius 2 is 1.80 bits per heavy atom. The van der Waals surface area contributed by atoms with Gasteiger partial charge in [-0.05, 0) is 43.9 Å². The predicted octanol–water partition coefficient (Wildman–Crippen LogP) is 5.14. The molecule has 0 aliphatic heterocycles. The Morgan fingerprint density at radius 1 is 1.09 bits per heavy atom. The Balaban J connectivity index is 1.58. The molecule has 3 N–H and O–H groups in total. The van der Waals surface area contributed by atoms with Gasteiger partial charge in [0.05, 0.1) is 22.3 Å². The molecule has 2 fully saturated rings. The van der Waals surface area contributed by atoms with Gasteiger partial charge in [0, 0.05) is 54.1 Å². The van der Waals surface area contributed by atoms with Crippen molar-refractivity contribution in [1.29, 1.82) is 0 Å². The molecule has 3 aromatic rings. The van der Waals surface area contributed by atoms with E-state index in [0.29, 0.717) is 53.8 Å². The maximum atomic E-state index is 13.5. The summed E-state index contributed by atoms with van der Waals surface area (Å²) in [5.41, 5.74) is 7.35. The Morgan fingerprint density at radius 3 is 2.43 bits per heavy atom. The number of nitrogens with two attached hydrogens (primary N) is 1. The summed E-state index contributed by atoms with van der Waals surface area (Å²) in [4.78, 5) is 36.5. The van der Waals surface area contributed by atoms with Crippen LogP contribution >= 0.6 is 0 Å². The van der Waals surface area contributed by atoms with Gasteiger partial charge >= 0.3 is 0 Å². The van der Waals surface area contributed by atoms with Crippen LogP contribution in [-0.4, -0.2) is 33.2 Å². The average Bonchev–Trinajstić information content (AvgIpc) is 2.81. The van der Waals surface area contributed by atoms with Crippen LogP contribution < -0.4 is 11.2 Å². The highest BCUT2D eigenvalue weighted by Crippen LogP contribution is 2.49. The zero-order chi connectivity index (χ0) is 24.9. The van der Waals surface area contributed by atoms with Crippen molar-refractivity contribution < 1.29 is 22.4 Å². The van der Waals surface area contributed by atoms with Crippen LogP contribution in [0, 0.1) is 5.92 Å². The highest BCUT2D eigenvalue weighted by Gasteiger charge is 2.46. The second kappa shape index (κ2) is 8.73. The van der Waals surface area contributed by atoms with Gasteiger partial charge in [-0.15, -0.1) is 0 Å². The average molecular weight is 488 g/mol. The summed E-state index contributed by atoms with van der Waals surface area (Å²) in [5, 5.41) is 0.0732. The van der Waals surface area contributed by atoms with Crippen molar-refractivity contribution in [1.82, 2.24) is 15.0 Å². The number of fused-ring (bicyclic) bond motifs is 1. The van der Waals surface area contributed by atoms with Crippen molar-refractivity contribution >= 4 is 16.8 Å². The number of alkyl halides is 4. The van der Waals surface area contributed by atoms with E-state index in [1.165, 1.54) is 12.3 Å². The third-order valence-corrected chi connectivity index (χ3v) is 7.24. The number of halogens is 4. The SMILES string of the molecule is NC(=O)c1nccc2[nH]c(-c3ccc(C4CC(F)(F)C4)nc3C3CCC(C(F)F)CC3)cc(=O)c12. The number of nitrogens with one attached hydrogen (secondary N) is 1. The van der Waals surface area contributed by atoms with E-state index in [1.54, 1.807) is 18.2 Å². The molecule has 0 atom stereocenters. The number of carbonyl (C=O) groups is 1. The monoisotopic (exact) mass is 488 g/mol. The number of rotatable bonds is 5. The summed E-state index contributed by atoms with van der Waals surface area (Å²) in [6.07, 6.45) is 0.122. The molecular weight excluding hydrogens is 464 g/mol. The highest BCUT2D eigenvalue weighted by atomic mass is 19.3. The Labute approximate surface area is 198 Å². The fraction of sp³-hybridized carbons (Fsp3) is 0.440. The Bertz CT molecular complexity index is 1340. The first-order valence-electron chi connectivity index (χ1n) is 11.6. The van der Waals surface area contributed by atoms with E-state index < -0.39 is 29.6 Å². The molecule has 0 aromatic carbocycles. The number of primary amides is 1. The van der Waals surface area contributed by atoms with Gasteiger partial charge in [-0.1, -0.05) is 0 Å². The van der Waals surface area contributed by atoms with Gasteiger partial charge in [-0.3, -0.25) is 19.6 Å². The molecule has 6 nitrogen and oxygen atoms in total. The lowest BCUT2D eigenvalue weighted by molar-refractivity contribution is -0.0876. The third-order valence-electron chi connectivity index (χ3n) is 7.24. The number of nitrogens with zero attached hydrogens (tertiary/aromatic N) is 2. The van der Waals surface area contributed by atoms with Crippen molar-refractivity contribution in [3.63, 3.8) is 0 Å². The lowest BCUT2D eigenvalue weighted by Gasteiger charge is -2.35. The lowest BCUT2D eigenvalue weighted by atomic mass is 9.77. The molecule has 0 unspecified atom stereocenters. The van der Waals surface area contributed by atoms with E-state index in [-0.39, 0.29) is 35.8 Å². The maximum absolute atomic E-state index is 13.5. The summed E-state index contributed by atoms with van der Waals surface area (Å²) in [6.45, 7) is 0. The standard InChI is InChI=1S/C25H24F4N4O2/c26-23(27)13-3-1-12(2-4-13)21-15(5-6-16(33-21)14-10-25(28,29)11-14)18-9-19(34)20-17(32-18)7-8-31-22(20)24(30)35/h5-9,12-14,23H,1-4,10-11H2,(H2,30,35)(H,32,34). The molecule has 35 heavy (non-hydrogen) atoms. The lowest BCUT2D eigenvalue weighted by Crippen LogP contribution is -2.34. The molecule has 184 valence electrons. The minimum atomic E-state index is -2.70. The van der Waals surface area contributed by atoms with E-state index in [9.17, 15) is 27.2 Å². The van der Waals surface area contributed by atoms with E-state index >= 15 is 0 Å². The van der Waals surface area contributed by atoms with Crippen LogP contribution in [0.15, 0.2) is 35.3 Å². The van der Waals surface area contributed by atoms with Gasteiger partial charge in [-0.25, -0.2) is 17.6 Å². The first-order valence-corrected chi connectivity index (χ1v) is 11.6. The minimum absolute atomic E-state index is 0.0732. The molecule has 3 heterocycles. The number of hydrogen-bond donors (Lipinski definition) is 2. The molecule has 2 saturated carbocycles. The van der Waals surface area contributed by atoms with Crippen LogP contribution in [0.25, 0.3) is 22.2 Å². The number of aromatic amines is 1. The molecule has 0 spiro atoms. The largest absolute Gasteiger partial charge is 0.364 e. The zero-order valence-electron chi connectivity index (χ0n) is 18.7. The summed E-state index contributed by atoms with van der Waals surface area (Å²) >= 11 is 0. The molecule has 0 saturated heterocycles. The number of H-pyrrole nitrogens is 1. The van der Waals surface area contributed by atoms with E-state index in [0.717, 1.165) is 0 Å². The van der Waals surface area contributed by atoms with Gasteiger partial charge < -0.3 is 10.7 Å². The van der Waals surface area contributed by atoms with Gasteiger partial charge in [-0.2, -0.15) is 0 Å². The van der Waals surface area contributed by atoms with E-state index in [1.807, 2.05) is 0 Å². The topological polar surface area (TPSA) is 102 Å². The van der Waals surface area contributed by atoms with Crippen LogP contribution in [0.2, 0.25) is 0 Å². The minimum Gasteiger partial charge on any atom is -0.364 e. The normalized spacial score (nSPS) is 22.3. The van der Waals surface area contributed by atoms with Gasteiger partial charge in [0.2, 0.25) is 12.3 Å². The van der Waals surface area contributed by atoms with Gasteiger partial charge in [0.25, 0.3) is 5.91 Å².